The van der Waals surface area contributed by atoms with E-state index in [-0.39, 0.29) is 5.38 Å². The first-order valence-corrected chi connectivity index (χ1v) is 7.61. The zero-order valence-corrected chi connectivity index (χ0v) is 13.6. The van der Waals surface area contributed by atoms with Crippen LogP contribution in [0.1, 0.15) is 18.1 Å². The molecule has 0 amide bonds. The van der Waals surface area contributed by atoms with Gasteiger partial charge in [0.05, 0.1) is 10.4 Å². The van der Waals surface area contributed by atoms with Gasteiger partial charge in [-0.05, 0) is 37.3 Å². The van der Waals surface area contributed by atoms with Crippen LogP contribution in [0.25, 0.3) is 16.9 Å². The van der Waals surface area contributed by atoms with E-state index in [0.29, 0.717) is 5.02 Å². The van der Waals surface area contributed by atoms with Crippen LogP contribution in [0.15, 0.2) is 41.0 Å². The molecule has 2 heterocycles. The zero-order valence-electron chi connectivity index (χ0n) is 10.5. The van der Waals surface area contributed by atoms with Gasteiger partial charge >= 0.3 is 0 Å². The van der Waals surface area contributed by atoms with Crippen LogP contribution in [0, 0.1) is 0 Å². The second-order valence-electron chi connectivity index (χ2n) is 4.39. The van der Waals surface area contributed by atoms with Gasteiger partial charge in [-0.15, -0.1) is 11.6 Å². The molecule has 0 fully saturated rings. The van der Waals surface area contributed by atoms with E-state index in [0.717, 1.165) is 27.1 Å². The maximum absolute atomic E-state index is 6.25. The smallest absolute Gasteiger partial charge is 0.164 e. The van der Waals surface area contributed by atoms with Crippen LogP contribution in [0.3, 0.4) is 0 Å². The van der Waals surface area contributed by atoms with E-state index in [9.17, 15) is 0 Å². The molecule has 1 unspecified atom stereocenters. The van der Waals surface area contributed by atoms with Crippen LogP contribution < -0.4 is 0 Å². The molecule has 1 atom stereocenters. The second kappa shape index (κ2) is 5.35. The molecule has 2 aromatic heterocycles. The van der Waals surface area contributed by atoms with E-state index < -0.39 is 0 Å². The predicted molar refractivity (Wildman–Crippen MR) is 85.8 cm³/mol. The second-order valence-corrected chi connectivity index (χ2v) is 6.40. The number of imidazole rings is 1. The average molecular weight is 371 g/mol. The molecule has 0 aliphatic heterocycles. The standard InChI is InChI=1S/C14H10BrCl2N3/c1-8(16)13-19-12-6-10(17)7-18-14(12)20(13)11-4-2-9(15)3-5-11/h2-8H,1H3. The van der Waals surface area contributed by atoms with E-state index in [1.807, 2.05) is 35.8 Å². The molecule has 1 aromatic carbocycles. The molecule has 0 saturated carbocycles. The van der Waals surface area contributed by atoms with Gasteiger partial charge in [0.15, 0.2) is 5.65 Å². The van der Waals surface area contributed by atoms with E-state index >= 15 is 0 Å². The third-order valence-electron chi connectivity index (χ3n) is 2.93. The highest BCUT2D eigenvalue weighted by Crippen LogP contribution is 2.28. The van der Waals surface area contributed by atoms with Gasteiger partial charge in [-0.3, -0.25) is 4.57 Å². The van der Waals surface area contributed by atoms with Crippen molar-refractivity contribution in [3.05, 3.63) is 51.8 Å². The summed E-state index contributed by atoms with van der Waals surface area (Å²) in [4.78, 5) is 8.92. The minimum Gasteiger partial charge on any atom is -0.279 e. The lowest BCUT2D eigenvalue weighted by molar-refractivity contribution is 0.877. The molecule has 20 heavy (non-hydrogen) atoms. The van der Waals surface area contributed by atoms with Gasteiger partial charge in [-0.2, -0.15) is 0 Å². The summed E-state index contributed by atoms with van der Waals surface area (Å²) in [5, 5.41) is 0.332. The van der Waals surface area contributed by atoms with Crippen molar-refractivity contribution in [3.8, 4) is 5.69 Å². The molecule has 3 aromatic rings. The zero-order chi connectivity index (χ0) is 14.3. The Morgan fingerprint density at radius 2 is 1.95 bits per heavy atom. The molecule has 3 rings (SSSR count). The molecule has 102 valence electrons. The molecule has 0 bridgehead atoms. The maximum Gasteiger partial charge on any atom is 0.164 e. The van der Waals surface area contributed by atoms with E-state index in [4.69, 9.17) is 23.2 Å². The Balaban J connectivity index is 2.31. The fourth-order valence-electron chi connectivity index (χ4n) is 2.07. The van der Waals surface area contributed by atoms with Crippen molar-refractivity contribution in [2.75, 3.05) is 0 Å². The molecule has 0 spiro atoms. The van der Waals surface area contributed by atoms with Crippen molar-refractivity contribution >= 4 is 50.3 Å². The quantitative estimate of drug-likeness (QED) is 0.585. The summed E-state index contributed by atoms with van der Waals surface area (Å²) in [7, 11) is 0. The Kier molecular flexibility index (Phi) is 3.71. The number of benzene rings is 1. The van der Waals surface area contributed by atoms with Gasteiger partial charge in [0.1, 0.15) is 11.3 Å². The molecule has 0 aliphatic carbocycles. The van der Waals surface area contributed by atoms with E-state index in [1.54, 1.807) is 12.3 Å². The SMILES string of the molecule is CC(Cl)c1nc2cc(Cl)cnc2n1-c1ccc(Br)cc1. The number of halogens is 3. The average Bonchev–Trinajstić information content (AvgIpc) is 2.78. The van der Waals surface area contributed by atoms with Crippen LogP contribution in [-0.2, 0) is 0 Å². The Morgan fingerprint density at radius 1 is 1.25 bits per heavy atom. The van der Waals surface area contributed by atoms with Crippen molar-refractivity contribution in [1.29, 1.82) is 0 Å². The molecule has 0 aliphatic rings. The van der Waals surface area contributed by atoms with E-state index in [1.165, 1.54) is 0 Å². The summed E-state index contributed by atoms with van der Waals surface area (Å²) in [5.41, 5.74) is 2.45. The summed E-state index contributed by atoms with van der Waals surface area (Å²) in [6.07, 6.45) is 1.61. The summed E-state index contributed by atoms with van der Waals surface area (Å²) >= 11 is 15.7. The lowest BCUT2D eigenvalue weighted by Gasteiger charge is -2.10. The topological polar surface area (TPSA) is 30.7 Å². The van der Waals surface area contributed by atoms with Crippen molar-refractivity contribution in [3.63, 3.8) is 0 Å². The van der Waals surface area contributed by atoms with Crippen LogP contribution >= 0.6 is 39.1 Å². The minimum atomic E-state index is -0.230. The van der Waals surface area contributed by atoms with Crippen molar-refractivity contribution in [2.24, 2.45) is 0 Å². The van der Waals surface area contributed by atoms with Crippen molar-refractivity contribution in [1.82, 2.24) is 14.5 Å². The Hall–Kier alpha value is -1.10. The number of fused-ring (bicyclic) bond motifs is 1. The first-order chi connectivity index (χ1) is 9.56. The number of rotatable bonds is 2. The molecular formula is C14H10BrCl2N3. The van der Waals surface area contributed by atoms with Gasteiger partial charge < -0.3 is 0 Å². The molecular weight excluding hydrogens is 361 g/mol. The maximum atomic E-state index is 6.25. The van der Waals surface area contributed by atoms with Crippen LogP contribution in [-0.4, -0.2) is 14.5 Å². The van der Waals surface area contributed by atoms with Crippen LogP contribution in [0.2, 0.25) is 5.02 Å². The predicted octanol–water partition coefficient (Wildman–Crippen LogP) is 5.14. The summed E-state index contributed by atoms with van der Waals surface area (Å²) < 4.78 is 2.97. The first-order valence-electron chi connectivity index (χ1n) is 6.00. The molecule has 0 saturated heterocycles. The summed E-state index contributed by atoms with van der Waals surface area (Å²) in [6, 6.07) is 9.72. The van der Waals surface area contributed by atoms with Gasteiger partial charge in [0.25, 0.3) is 0 Å². The number of hydrogen-bond acceptors (Lipinski definition) is 2. The first kappa shape index (κ1) is 13.9. The highest BCUT2D eigenvalue weighted by atomic mass is 79.9. The lowest BCUT2D eigenvalue weighted by Crippen LogP contribution is -2.02. The normalized spacial score (nSPS) is 12.8. The van der Waals surface area contributed by atoms with Gasteiger partial charge in [-0.25, -0.2) is 9.97 Å². The monoisotopic (exact) mass is 369 g/mol. The van der Waals surface area contributed by atoms with Gasteiger partial charge in [-0.1, -0.05) is 27.5 Å². The van der Waals surface area contributed by atoms with Crippen molar-refractivity contribution < 1.29 is 0 Å². The third kappa shape index (κ3) is 2.43. The molecule has 0 radical (unpaired) electrons. The fourth-order valence-corrected chi connectivity index (χ4v) is 2.63. The number of aromatic nitrogens is 3. The number of alkyl halides is 1. The highest BCUT2D eigenvalue weighted by molar-refractivity contribution is 9.10. The largest absolute Gasteiger partial charge is 0.279 e. The number of nitrogens with zero attached hydrogens (tertiary/aromatic N) is 3. The number of hydrogen-bond donors (Lipinski definition) is 0. The highest BCUT2D eigenvalue weighted by Gasteiger charge is 2.17. The van der Waals surface area contributed by atoms with Crippen LogP contribution in [0.5, 0.6) is 0 Å². The Morgan fingerprint density at radius 3 is 2.60 bits per heavy atom. The molecule has 0 N–H and O–H groups in total. The lowest BCUT2D eigenvalue weighted by atomic mass is 10.3. The summed E-state index contributed by atoms with van der Waals surface area (Å²) in [6.45, 7) is 1.89. The van der Waals surface area contributed by atoms with E-state index in [2.05, 4.69) is 25.9 Å². The van der Waals surface area contributed by atoms with Gasteiger partial charge in [0, 0.05) is 16.4 Å². The number of pyridine rings is 1. The molecule has 3 nitrogen and oxygen atoms in total. The third-order valence-corrected chi connectivity index (χ3v) is 3.86. The van der Waals surface area contributed by atoms with Gasteiger partial charge in [0.2, 0.25) is 0 Å². The Bertz CT molecular complexity index is 766. The Labute approximate surface area is 134 Å². The molecule has 6 heteroatoms. The summed E-state index contributed by atoms with van der Waals surface area (Å²) in [5.74, 6) is 0.749. The van der Waals surface area contributed by atoms with Crippen LogP contribution in [0.4, 0.5) is 0 Å². The van der Waals surface area contributed by atoms with Crippen molar-refractivity contribution in [2.45, 2.75) is 12.3 Å². The minimum absolute atomic E-state index is 0.230. The fraction of sp³-hybridized carbons (Fsp3) is 0.143.